The van der Waals surface area contributed by atoms with E-state index in [0.717, 1.165) is 57.2 Å². The number of rotatable bonds is 5. The lowest BCUT2D eigenvalue weighted by molar-refractivity contribution is -0.121. The summed E-state index contributed by atoms with van der Waals surface area (Å²) in [5, 5.41) is 6.40. The van der Waals surface area contributed by atoms with Crippen LogP contribution in [0.2, 0.25) is 0 Å². The summed E-state index contributed by atoms with van der Waals surface area (Å²) in [5.41, 5.74) is 2.09. The summed E-state index contributed by atoms with van der Waals surface area (Å²) >= 11 is 0. The number of hydrogen-bond donors (Lipinski definition) is 2. The van der Waals surface area contributed by atoms with E-state index in [1.165, 1.54) is 0 Å². The van der Waals surface area contributed by atoms with Gasteiger partial charge in [-0.05, 0) is 37.7 Å². The van der Waals surface area contributed by atoms with Gasteiger partial charge in [0.15, 0.2) is 0 Å². The number of carbonyl (C=O) groups excluding carboxylic acids is 1. The molecule has 2 N–H and O–H groups in total. The lowest BCUT2D eigenvalue weighted by Crippen LogP contribution is -2.48. The zero-order valence-electron chi connectivity index (χ0n) is 14.2. The van der Waals surface area contributed by atoms with Gasteiger partial charge in [-0.2, -0.15) is 0 Å². The first-order valence-corrected chi connectivity index (χ1v) is 8.77. The summed E-state index contributed by atoms with van der Waals surface area (Å²) in [5.74, 6) is 0.660. The molecule has 5 nitrogen and oxygen atoms in total. The molecular formula is C18H28N4O. The number of nitrogens with zero attached hydrogens (tertiary/aromatic N) is 2. The zero-order chi connectivity index (χ0) is 16.2. The molecule has 5 heteroatoms. The van der Waals surface area contributed by atoms with Crippen molar-refractivity contribution in [3.63, 3.8) is 0 Å². The molecule has 3 rings (SSSR count). The Bertz CT molecular complexity index is 536. The number of likely N-dealkylation sites (N-methyl/N-ethyl adjacent to an activating group) is 1. The molecule has 1 aromatic rings. The molecule has 0 spiro atoms. The third-order valence-electron chi connectivity index (χ3n) is 5.26. The average molecular weight is 316 g/mol. The highest BCUT2D eigenvalue weighted by molar-refractivity contribution is 5.95. The molecule has 0 aromatic heterocycles. The molecule has 1 unspecified atom stereocenters. The van der Waals surface area contributed by atoms with E-state index in [4.69, 9.17) is 0 Å². The van der Waals surface area contributed by atoms with E-state index in [9.17, 15) is 4.79 Å². The zero-order valence-corrected chi connectivity index (χ0v) is 14.2. The number of benzene rings is 1. The van der Waals surface area contributed by atoms with Crippen LogP contribution in [0.3, 0.4) is 0 Å². The standard InChI is InChI=1S/C18H28N4O/c1-3-21-8-10-22(11-9-21)17-7-5-4-6-16(17)20-18(23)14(2)15-12-19-13-15/h4-7,14-15,19H,3,8-13H2,1-2H3,(H,20,23). The molecule has 0 aliphatic carbocycles. The Hall–Kier alpha value is -1.59. The van der Waals surface area contributed by atoms with Gasteiger partial charge in [-0.25, -0.2) is 0 Å². The second-order valence-corrected chi connectivity index (χ2v) is 6.63. The molecule has 1 atom stereocenters. The number of nitrogens with one attached hydrogen (secondary N) is 2. The molecule has 2 fully saturated rings. The van der Waals surface area contributed by atoms with Gasteiger partial charge in [0, 0.05) is 32.1 Å². The maximum Gasteiger partial charge on any atom is 0.227 e. The number of para-hydroxylation sites is 2. The second-order valence-electron chi connectivity index (χ2n) is 6.63. The van der Waals surface area contributed by atoms with Crippen molar-refractivity contribution in [3.05, 3.63) is 24.3 Å². The molecule has 1 amide bonds. The summed E-state index contributed by atoms with van der Waals surface area (Å²) in [6.45, 7) is 11.5. The van der Waals surface area contributed by atoms with Crippen molar-refractivity contribution in [1.29, 1.82) is 0 Å². The normalized spacial score (nSPS) is 20.9. The largest absolute Gasteiger partial charge is 0.367 e. The highest BCUT2D eigenvalue weighted by Crippen LogP contribution is 2.28. The number of carbonyl (C=O) groups is 1. The number of piperazine rings is 1. The summed E-state index contributed by atoms with van der Waals surface area (Å²) in [6, 6.07) is 8.19. The van der Waals surface area contributed by atoms with Gasteiger partial charge in [0.25, 0.3) is 0 Å². The van der Waals surface area contributed by atoms with Crippen LogP contribution in [0.4, 0.5) is 11.4 Å². The van der Waals surface area contributed by atoms with E-state index in [1.807, 2.05) is 19.1 Å². The number of amides is 1. The lowest BCUT2D eigenvalue weighted by Gasteiger charge is -2.36. The van der Waals surface area contributed by atoms with E-state index < -0.39 is 0 Å². The smallest absolute Gasteiger partial charge is 0.227 e. The third-order valence-corrected chi connectivity index (χ3v) is 5.26. The monoisotopic (exact) mass is 316 g/mol. The van der Waals surface area contributed by atoms with Crippen molar-refractivity contribution in [2.24, 2.45) is 11.8 Å². The van der Waals surface area contributed by atoms with Crippen LogP contribution < -0.4 is 15.5 Å². The maximum atomic E-state index is 12.5. The van der Waals surface area contributed by atoms with Gasteiger partial charge in [0.2, 0.25) is 5.91 Å². The van der Waals surface area contributed by atoms with E-state index >= 15 is 0 Å². The summed E-state index contributed by atoms with van der Waals surface area (Å²) < 4.78 is 0. The molecule has 0 bridgehead atoms. The van der Waals surface area contributed by atoms with E-state index in [-0.39, 0.29) is 11.8 Å². The minimum Gasteiger partial charge on any atom is -0.367 e. The van der Waals surface area contributed by atoms with E-state index in [0.29, 0.717) is 5.92 Å². The van der Waals surface area contributed by atoms with Gasteiger partial charge < -0.3 is 20.4 Å². The van der Waals surface area contributed by atoms with Crippen LogP contribution in [0.5, 0.6) is 0 Å². The molecule has 0 radical (unpaired) electrons. The van der Waals surface area contributed by atoms with Crippen molar-refractivity contribution >= 4 is 17.3 Å². The van der Waals surface area contributed by atoms with Crippen LogP contribution in [0, 0.1) is 11.8 Å². The van der Waals surface area contributed by atoms with E-state index in [2.05, 4.69) is 39.5 Å². The van der Waals surface area contributed by atoms with Crippen LogP contribution in [0.15, 0.2) is 24.3 Å². The van der Waals surface area contributed by atoms with Gasteiger partial charge in [0.05, 0.1) is 11.4 Å². The SMILES string of the molecule is CCN1CCN(c2ccccc2NC(=O)C(C)C2CNC2)CC1. The molecule has 1 aromatic carbocycles. The van der Waals surface area contributed by atoms with Crippen LogP contribution in [0.25, 0.3) is 0 Å². The lowest BCUT2D eigenvalue weighted by atomic mass is 9.88. The Balaban J connectivity index is 1.67. The fourth-order valence-electron chi connectivity index (χ4n) is 3.29. The van der Waals surface area contributed by atoms with Crippen molar-refractivity contribution in [2.45, 2.75) is 13.8 Å². The predicted molar refractivity (Wildman–Crippen MR) is 94.9 cm³/mol. The molecule has 2 heterocycles. The molecule has 0 saturated carbocycles. The average Bonchev–Trinajstić information content (AvgIpc) is 2.54. The van der Waals surface area contributed by atoms with Crippen LogP contribution >= 0.6 is 0 Å². The summed E-state index contributed by atoms with van der Waals surface area (Å²) in [4.78, 5) is 17.4. The molecule has 2 aliphatic heterocycles. The van der Waals surface area contributed by atoms with Crippen LogP contribution in [-0.4, -0.2) is 56.6 Å². The highest BCUT2D eigenvalue weighted by atomic mass is 16.1. The van der Waals surface area contributed by atoms with Gasteiger partial charge in [-0.15, -0.1) is 0 Å². The van der Waals surface area contributed by atoms with Gasteiger partial charge in [-0.1, -0.05) is 26.0 Å². The Morgan fingerprint density at radius 1 is 1.26 bits per heavy atom. The van der Waals surface area contributed by atoms with Gasteiger partial charge >= 0.3 is 0 Å². The first-order chi connectivity index (χ1) is 11.2. The quantitative estimate of drug-likeness (QED) is 0.867. The predicted octanol–water partition coefficient (Wildman–Crippen LogP) is 1.62. The summed E-state index contributed by atoms with van der Waals surface area (Å²) in [6.07, 6.45) is 0. The van der Waals surface area contributed by atoms with Crippen LogP contribution in [0.1, 0.15) is 13.8 Å². The Morgan fingerprint density at radius 3 is 2.57 bits per heavy atom. The van der Waals surface area contributed by atoms with Crippen molar-refractivity contribution in [1.82, 2.24) is 10.2 Å². The van der Waals surface area contributed by atoms with Gasteiger partial charge in [0.1, 0.15) is 0 Å². The van der Waals surface area contributed by atoms with E-state index in [1.54, 1.807) is 0 Å². The first kappa shape index (κ1) is 16.3. The maximum absolute atomic E-state index is 12.5. The molecule has 23 heavy (non-hydrogen) atoms. The minimum absolute atomic E-state index is 0.0567. The molecular weight excluding hydrogens is 288 g/mol. The minimum atomic E-state index is 0.0567. The van der Waals surface area contributed by atoms with Crippen molar-refractivity contribution in [2.75, 3.05) is 56.0 Å². The Morgan fingerprint density at radius 2 is 1.96 bits per heavy atom. The second kappa shape index (κ2) is 7.32. The topological polar surface area (TPSA) is 47.6 Å². The fraction of sp³-hybridized carbons (Fsp3) is 0.611. The Kier molecular flexibility index (Phi) is 5.18. The van der Waals surface area contributed by atoms with Crippen molar-refractivity contribution in [3.8, 4) is 0 Å². The Labute approximate surface area is 139 Å². The molecule has 2 aliphatic rings. The number of anilines is 2. The summed E-state index contributed by atoms with van der Waals surface area (Å²) in [7, 11) is 0. The molecule has 126 valence electrons. The fourth-order valence-corrected chi connectivity index (χ4v) is 3.29. The first-order valence-electron chi connectivity index (χ1n) is 8.77. The molecule has 2 saturated heterocycles. The van der Waals surface area contributed by atoms with Crippen molar-refractivity contribution < 1.29 is 4.79 Å². The number of hydrogen-bond acceptors (Lipinski definition) is 4. The van der Waals surface area contributed by atoms with Gasteiger partial charge in [-0.3, -0.25) is 4.79 Å². The third kappa shape index (κ3) is 3.67. The van der Waals surface area contributed by atoms with Crippen LogP contribution in [-0.2, 0) is 4.79 Å². The highest BCUT2D eigenvalue weighted by Gasteiger charge is 2.29.